The number of nitrogens with two attached hydrogens (primary N) is 1. The number of carbonyl (C=O) groups excluding carboxylic acids is 2. The number of carbonyl (C=O) groups is 2. The Kier molecular flexibility index (Phi) is 7.25. The first-order valence-electron chi connectivity index (χ1n) is 8.18. The van der Waals surface area contributed by atoms with Gasteiger partial charge in [-0.2, -0.15) is 0 Å². The van der Waals surface area contributed by atoms with Crippen LogP contribution in [0.2, 0.25) is 5.02 Å². The van der Waals surface area contributed by atoms with Crippen molar-refractivity contribution >= 4 is 29.6 Å². The number of primary amides is 1. The first-order chi connectivity index (χ1) is 12.9. The molecule has 0 bridgehead atoms. The second-order valence-electron chi connectivity index (χ2n) is 5.47. The number of hydrogen-bond donors (Lipinski definition) is 1. The van der Waals surface area contributed by atoms with Gasteiger partial charge in [0.25, 0.3) is 0 Å². The maximum absolute atomic E-state index is 11.9. The van der Waals surface area contributed by atoms with Crippen LogP contribution in [0.1, 0.15) is 28.4 Å². The van der Waals surface area contributed by atoms with E-state index in [0.717, 1.165) is 0 Å². The van der Waals surface area contributed by atoms with Crippen LogP contribution in [-0.2, 0) is 16.1 Å². The lowest BCUT2D eigenvalue weighted by atomic mass is 10.1. The molecule has 7 heteroatoms. The van der Waals surface area contributed by atoms with Crippen LogP contribution in [0.3, 0.4) is 0 Å². The number of methoxy groups -OCH3 is 1. The molecule has 0 aliphatic carbocycles. The Labute approximate surface area is 162 Å². The summed E-state index contributed by atoms with van der Waals surface area (Å²) >= 11 is 6.17. The number of benzene rings is 2. The molecule has 0 radical (unpaired) electrons. The lowest BCUT2D eigenvalue weighted by Crippen LogP contribution is -2.11. The van der Waals surface area contributed by atoms with Crippen LogP contribution >= 0.6 is 11.6 Å². The highest BCUT2D eigenvalue weighted by molar-refractivity contribution is 6.32. The van der Waals surface area contributed by atoms with E-state index in [1.165, 1.54) is 13.2 Å². The van der Waals surface area contributed by atoms with Crippen LogP contribution in [0.5, 0.6) is 11.5 Å². The number of rotatable bonds is 8. The van der Waals surface area contributed by atoms with E-state index in [9.17, 15) is 9.59 Å². The molecule has 142 valence electrons. The highest BCUT2D eigenvalue weighted by atomic mass is 35.5. The summed E-state index contributed by atoms with van der Waals surface area (Å²) in [5, 5.41) is 0.375. The topological polar surface area (TPSA) is 87.9 Å². The number of esters is 1. The molecular weight excluding hydrogens is 370 g/mol. The van der Waals surface area contributed by atoms with E-state index in [1.807, 2.05) is 6.92 Å². The van der Waals surface area contributed by atoms with E-state index in [4.69, 9.17) is 31.5 Å². The third kappa shape index (κ3) is 5.76. The third-order valence-electron chi connectivity index (χ3n) is 3.54. The van der Waals surface area contributed by atoms with Gasteiger partial charge < -0.3 is 19.9 Å². The molecule has 0 spiro atoms. The quantitative estimate of drug-likeness (QED) is 0.550. The molecular formula is C20H20ClNO5. The monoisotopic (exact) mass is 389 g/mol. The Morgan fingerprint density at radius 3 is 2.67 bits per heavy atom. The molecule has 0 saturated carbocycles. The normalized spacial score (nSPS) is 10.6. The summed E-state index contributed by atoms with van der Waals surface area (Å²) in [6.07, 6.45) is 2.85. The maximum atomic E-state index is 11.9. The Morgan fingerprint density at radius 2 is 2.00 bits per heavy atom. The molecule has 0 aliphatic rings. The van der Waals surface area contributed by atoms with Gasteiger partial charge in [0, 0.05) is 11.6 Å². The minimum atomic E-state index is -0.538. The first-order valence-corrected chi connectivity index (χ1v) is 8.56. The number of amides is 1. The molecule has 0 fully saturated rings. The number of ether oxygens (including phenoxy) is 3. The van der Waals surface area contributed by atoms with Gasteiger partial charge in [-0.05, 0) is 48.4 Å². The molecule has 0 saturated heterocycles. The average molecular weight is 390 g/mol. The Hall–Kier alpha value is -2.99. The third-order valence-corrected chi connectivity index (χ3v) is 3.82. The fourth-order valence-electron chi connectivity index (χ4n) is 2.33. The lowest BCUT2D eigenvalue weighted by Gasteiger charge is -2.11. The molecule has 2 rings (SSSR count). The highest BCUT2D eigenvalue weighted by Gasteiger charge is 2.11. The zero-order valence-electron chi connectivity index (χ0n) is 15.0. The smallest absolute Gasteiger partial charge is 0.331 e. The van der Waals surface area contributed by atoms with Gasteiger partial charge in [0.2, 0.25) is 5.91 Å². The molecule has 2 aromatic carbocycles. The Balaban J connectivity index is 2.04. The summed E-state index contributed by atoms with van der Waals surface area (Å²) in [6.45, 7) is 2.32. The lowest BCUT2D eigenvalue weighted by molar-refractivity contribution is -0.138. The van der Waals surface area contributed by atoms with Crippen LogP contribution in [0.15, 0.2) is 42.5 Å². The van der Waals surface area contributed by atoms with Gasteiger partial charge >= 0.3 is 5.97 Å². The zero-order chi connectivity index (χ0) is 19.8. The fourth-order valence-corrected chi connectivity index (χ4v) is 2.62. The largest absolute Gasteiger partial charge is 0.491 e. The van der Waals surface area contributed by atoms with Crippen molar-refractivity contribution in [3.63, 3.8) is 0 Å². The Bertz CT molecular complexity index is 863. The summed E-state index contributed by atoms with van der Waals surface area (Å²) < 4.78 is 15.9. The molecule has 0 unspecified atom stereocenters. The van der Waals surface area contributed by atoms with Crippen molar-refractivity contribution < 1.29 is 23.8 Å². The van der Waals surface area contributed by atoms with Gasteiger partial charge in [0.05, 0.1) is 18.7 Å². The molecule has 0 heterocycles. The van der Waals surface area contributed by atoms with Crippen LogP contribution in [0.4, 0.5) is 0 Å². The molecule has 1 amide bonds. The van der Waals surface area contributed by atoms with Crippen LogP contribution in [0.25, 0.3) is 6.08 Å². The van der Waals surface area contributed by atoms with Crippen molar-refractivity contribution in [3.8, 4) is 11.5 Å². The SMILES string of the molecule is CCOc1cc(/C=C/C(=O)OCc2cccc(C(N)=O)c2)cc(Cl)c1OC. The minimum absolute atomic E-state index is 0.0257. The van der Waals surface area contributed by atoms with Crippen molar-refractivity contribution in [3.05, 3.63) is 64.2 Å². The van der Waals surface area contributed by atoms with Crippen molar-refractivity contribution in [2.75, 3.05) is 13.7 Å². The van der Waals surface area contributed by atoms with Crippen molar-refractivity contribution in [2.24, 2.45) is 5.73 Å². The standard InChI is InChI=1S/C20H20ClNO5/c1-3-26-17-11-13(10-16(21)19(17)25-2)7-8-18(23)27-12-14-5-4-6-15(9-14)20(22)24/h4-11H,3,12H2,1-2H3,(H2,22,24)/b8-7+. The van der Waals surface area contributed by atoms with E-state index in [0.29, 0.717) is 39.8 Å². The summed E-state index contributed by atoms with van der Waals surface area (Å²) in [6, 6.07) is 9.96. The second-order valence-corrected chi connectivity index (χ2v) is 5.88. The van der Waals surface area contributed by atoms with Crippen molar-refractivity contribution in [1.82, 2.24) is 0 Å². The molecule has 0 atom stereocenters. The molecule has 2 N–H and O–H groups in total. The van der Waals surface area contributed by atoms with Crippen LogP contribution in [-0.4, -0.2) is 25.6 Å². The molecule has 6 nitrogen and oxygen atoms in total. The summed E-state index contributed by atoms with van der Waals surface area (Å²) in [4.78, 5) is 23.1. The van der Waals surface area contributed by atoms with Gasteiger partial charge in [-0.15, -0.1) is 0 Å². The van der Waals surface area contributed by atoms with Gasteiger partial charge in [-0.1, -0.05) is 23.7 Å². The Morgan fingerprint density at radius 1 is 1.22 bits per heavy atom. The first kappa shape index (κ1) is 20.3. The van der Waals surface area contributed by atoms with E-state index >= 15 is 0 Å². The molecule has 27 heavy (non-hydrogen) atoms. The van der Waals surface area contributed by atoms with Gasteiger partial charge in [0.15, 0.2) is 11.5 Å². The van der Waals surface area contributed by atoms with E-state index in [-0.39, 0.29) is 6.61 Å². The maximum Gasteiger partial charge on any atom is 0.331 e. The van der Waals surface area contributed by atoms with Gasteiger partial charge in [-0.3, -0.25) is 4.79 Å². The number of halogens is 1. The fraction of sp³-hybridized carbons (Fsp3) is 0.200. The van der Waals surface area contributed by atoms with Crippen LogP contribution < -0.4 is 15.2 Å². The predicted molar refractivity (Wildman–Crippen MR) is 103 cm³/mol. The van der Waals surface area contributed by atoms with E-state index in [1.54, 1.807) is 42.5 Å². The second kappa shape index (κ2) is 9.64. The number of hydrogen-bond acceptors (Lipinski definition) is 5. The summed E-state index contributed by atoms with van der Waals surface area (Å²) in [5.74, 6) is -0.148. The van der Waals surface area contributed by atoms with E-state index in [2.05, 4.69) is 0 Å². The molecule has 0 aromatic heterocycles. The summed E-state index contributed by atoms with van der Waals surface area (Å²) in [7, 11) is 1.50. The van der Waals surface area contributed by atoms with Gasteiger partial charge in [-0.25, -0.2) is 4.79 Å². The van der Waals surface area contributed by atoms with Gasteiger partial charge in [0.1, 0.15) is 6.61 Å². The van der Waals surface area contributed by atoms with Crippen LogP contribution in [0, 0.1) is 0 Å². The minimum Gasteiger partial charge on any atom is -0.491 e. The molecule has 2 aromatic rings. The predicted octanol–water partition coefficient (Wildman–Crippen LogP) is 3.60. The van der Waals surface area contributed by atoms with Crippen molar-refractivity contribution in [2.45, 2.75) is 13.5 Å². The van der Waals surface area contributed by atoms with Crippen molar-refractivity contribution in [1.29, 1.82) is 0 Å². The highest BCUT2D eigenvalue weighted by Crippen LogP contribution is 2.36. The zero-order valence-corrected chi connectivity index (χ0v) is 15.8. The average Bonchev–Trinajstić information content (AvgIpc) is 2.65. The summed E-state index contributed by atoms with van der Waals surface area (Å²) in [5.41, 5.74) is 6.92. The molecule has 0 aliphatic heterocycles. The van der Waals surface area contributed by atoms with E-state index < -0.39 is 11.9 Å².